The molecule has 0 atom stereocenters. The number of aromatic nitrogens is 1. The van der Waals surface area contributed by atoms with Crippen LogP contribution in [0.3, 0.4) is 0 Å². The largest absolute Gasteiger partial charge is 0.490 e. The van der Waals surface area contributed by atoms with Gasteiger partial charge in [0.05, 0.1) is 0 Å². The maximum atomic E-state index is 12.7. The fourth-order valence-electron chi connectivity index (χ4n) is 1.29. The lowest BCUT2D eigenvalue weighted by Gasteiger charge is -2.07. The van der Waals surface area contributed by atoms with Crippen LogP contribution in [0.5, 0.6) is 11.6 Å². The van der Waals surface area contributed by atoms with Gasteiger partial charge in [0.1, 0.15) is 19.0 Å². The topological polar surface area (TPSA) is 31.4 Å². The molecule has 1 aromatic heterocycles. The molecule has 0 fully saturated rings. The van der Waals surface area contributed by atoms with Crippen molar-refractivity contribution in [2.45, 2.75) is 0 Å². The van der Waals surface area contributed by atoms with Crippen LogP contribution in [0, 0.1) is 5.95 Å². The van der Waals surface area contributed by atoms with Crippen molar-refractivity contribution in [1.29, 1.82) is 0 Å². The molecule has 0 amide bonds. The Kier molecular flexibility index (Phi) is 3.91. The number of benzene rings is 1. The van der Waals surface area contributed by atoms with E-state index in [1.54, 1.807) is 12.1 Å². The lowest BCUT2D eigenvalue weighted by atomic mass is 10.3. The molecule has 0 aliphatic carbocycles. The van der Waals surface area contributed by atoms with Crippen LogP contribution in [-0.4, -0.2) is 18.2 Å². The second-order valence-corrected chi connectivity index (χ2v) is 3.31. The molecule has 0 aliphatic rings. The number of para-hydroxylation sites is 1. The number of halogens is 1. The van der Waals surface area contributed by atoms with Crippen molar-refractivity contribution >= 4 is 0 Å². The van der Waals surface area contributed by atoms with E-state index in [1.807, 2.05) is 30.3 Å². The van der Waals surface area contributed by atoms with Gasteiger partial charge in [-0.25, -0.2) is 0 Å². The summed E-state index contributed by atoms with van der Waals surface area (Å²) in [4.78, 5) is 3.57. The molecular weight excluding hydrogens is 221 g/mol. The van der Waals surface area contributed by atoms with E-state index >= 15 is 0 Å². The summed E-state index contributed by atoms with van der Waals surface area (Å²) in [5, 5.41) is 0. The highest BCUT2D eigenvalue weighted by Gasteiger charge is 1.97. The molecule has 0 spiro atoms. The van der Waals surface area contributed by atoms with Gasteiger partial charge in [-0.15, -0.1) is 0 Å². The first kappa shape index (κ1) is 11.4. The van der Waals surface area contributed by atoms with Gasteiger partial charge in [0, 0.05) is 6.07 Å². The highest BCUT2D eigenvalue weighted by atomic mass is 19.1. The predicted octanol–water partition coefficient (Wildman–Crippen LogP) is 2.68. The molecule has 88 valence electrons. The van der Waals surface area contributed by atoms with Crippen molar-refractivity contribution in [3.8, 4) is 11.6 Å². The van der Waals surface area contributed by atoms with E-state index in [2.05, 4.69) is 4.98 Å². The first-order valence-electron chi connectivity index (χ1n) is 5.28. The van der Waals surface area contributed by atoms with E-state index in [0.717, 1.165) is 5.75 Å². The van der Waals surface area contributed by atoms with Gasteiger partial charge in [-0.1, -0.05) is 24.3 Å². The minimum Gasteiger partial charge on any atom is -0.490 e. The normalized spacial score (nSPS) is 9.94. The van der Waals surface area contributed by atoms with Crippen LogP contribution >= 0.6 is 0 Å². The predicted molar refractivity (Wildman–Crippen MR) is 61.6 cm³/mol. The zero-order valence-corrected chi connectivity index (χ0v) is 9.17. The van der Waals surface area contributed by atoms with Crippen LogP contribution in [-0.2, 0) is 0 Å². The lowest BCUT2D eigenvalue weighted by molar-refractivity contribution is 0.210. The Morgan fingerprint density at radius 2 is 1.65 bits per heavy atom. The molecule has 0 radical (unpaired) electrons. The van der Waals surface area contributed by atoms with Crippen molar-refractivity contribution in [3.05, 3.63) is 54.5 Å². The van der Waals surface area contributed by atoms with Gasteiger partial charge < -0.3 is 9.47 Å². The summed E-state index contributed by atoms with van der Waals surface area (Å²) in [7, 11) is 0. The van der Waals surface area contributed by atoms with Crippen LogP contribution in [0.2, 0.25) is 0 Å². The quantitative estimate of drug-likeness (QED) is 0.587. The lowest BCUT2D eigenvalue weighted by Crippen LogP contribution is -2.09. The van der Waals surface area contributed by atoms with Gasteiger partial charge in [-0.05, 0) is 18.2 Å². The fraction of sp³-hybridized carbons (Fsp3) is 0.154. The van der Waals surface area contributed by atoms with Crippen LogP contribution in [0.25, 0.3) is 0 Å². The van der Waals surface area contributed by atoms with E-state index in [4.69, 9.17) is 9.47 Å². The van der Waals surface area contributed by atoms with Crippen molar-refractivity contribution in [2.24, 2.45) is 0 Å². The smallest absolute Gasteiger partial charge is 0.216 e. The van der Waals surface area contributed by atoms with E-state index in [-0.39, 0.29) is 5.88 Å². The van der Waals surface area contributed by atoms with E-state index in [1.165, 1.54) is 6.07 Å². The van der Waals surface area contributed by atoms with Gasteiger partial charge in [-0.3, -0.25) is 0 Å². The van der Waals surface area contributed by atoms with Crippen LogP contribution in [0.4, 0.5) is 4.39 Å². The maximum Gasteiger partial charge on any atom is 0.216 e. The number of pyridine rings is 1. The van der Waals surface area contributed by atoms with Crippen LogP contribution in [0.15, 0.2) is 48.5 Å². The molecule has 4 heteroatoms. The second-order valence-electron chi connectivity index (χ2n) is 3.31. The summed E-state index contributed by atoms with van der Waals surface area (Å²) in [6.07, 6.45) is 0. The number of nitrogens with zero attached hydrogens (tertiary/aromatic N) is 1. The molecule has 0 saturated carbocycles. The van der Waals surface area contributed by atoms with Crippen molar-refractivity contribution in [2.75, 3.05) is 13.2 Å². The highest BCUT2D eigenvalue weighted by Crippen LogP contribution is 2.09. The van der Waals surface area contributed by atoms with Gasteiger partial charge in [0.15, 0.2) is 0 Å². The summed E-state index contributed by atoms with van der Waals surface area (Å²) in [5.74, 6) is 0.497. The third-order valence-electron chi connectivity index (χ3n) is 2.03. The molecule has 0 aliphatic heterocycles. The molecule has 2 aromatic rings. The van der Waals surface area contributed by atoms with Crippen molar-refractivity contribution < 1.29 is 13.9 Å². The van der Waals surface area contributed by atoms with E-state index < -0.39 is 5.95 Å². The molecule has 1 aromatic carbocycles. The average molecular weight is 233 g/mol. The Morgan fingerprint density at radius 1 is 0.882 bits per heavy atom. The van der Waals surface area contributed by atoms with Gasteiger partial charge in [-0.2, -0.15) is 9.37 Å². The molecular formula is C13H12FNO2. The van der Waals surface area contributed by atoms with Crippen molar-refractivity contribution in [1.82, 2.24) is 4.98 Å². The monoisotopic (exact) mass is 233 g/mol. The van der Waals surface area contributed by atoms with E-state index in [9.17, 15) is 4.39 Å². The Balaban J connectivity index is 1.73. The molecule has 0 unspecified atom stereocenters. The third-order valence-corrected chi connectivity index (χ3v) is 2.03. The van der Waals surface area contributed by atoms with Gasteiger partial charge in [0.25, 0.3) is 0 Å². The van der Waals surface area contributed by atoms with Crippen LogP contribution in [0.1, 0.15) is 0 Å². The number of ether oxygens (including phenoxy) is 2. The fourth-order valence-corrected chi connectivity index (χ4v) is 1.29. The van der Waals surface area contributed by atoms with E-state index in [0.29, 0.717) is 13.2 Å². The zero-order valence-electron chi connectivity index (χ0n) is 9.17. The summed E-state index contributed by atoms with van der Waals surface area (Å²) >= 11 is 0. The molecule has 3 nitrogen and oxygen atoms in total. The first-order valence-corrected chi connectivity index (χ1v) is 5.28. The first-order chi connectivity index (χ1) is 8.34. The summed E-state index contributed by atoms with van der Waals surface area (Å²) in [6.45, 7) is 0.716. The third kappa shape index (κ3) is 3.75. The molecule has 0 saturated heterocycles. The maximum absolute atomic E-state index is 12.7. The molecule has 0 bridgehead atoms. The Morgan fingerprint density at radius 3 is 2.41 bits per heavy atom. The number of hydrogen-bond donors (Lipinski definition) is 0. The Labute approximate surface area is 98.8 Å². The van der Waals surface area contributed by atoms with Crippen LogP contribution < -0.4 is 9.47 Å². The number of rotatable bonds is 5. The summed E-state index contributed by atoms with van der Waals surface area (Å²) in [6, 6.07) is 13.9. The average Bonchev–Trinajstić information content (AvgIpc) is 2.36. The van der Waals surface area contributed by atoms with Gasteiger partial charge in [0.2, 0.25) is 11.8 Å². The standard InChI is InChI=1S/C13H12FNO2/c14-12-7-4-8-13(15-12)17-10-9-16-11-5-2-1-3-6-11/h1-8H,9-10H2. The minimum atomic E-state index is -0.550. The molecule has 2 rings (SSSR count). The van der Waals surface area contributed by atoms with Crippen molar-refractivity contribution in [3.63, 3.8) is 0 Å². The Bertz CT molecular complexity index is 462. The molecule has 0 N–H and O–H groups in total. The summed E-state index contributed by atoms with van der Waals surface area (Å²) in [5.41, 5.74) is 0. The number of hydrogen-bond acceptors (Lipinski definition) is 3. The SMILES string of the molecule is Fc1cccc(OCCOc2ccccc2)n1. The Hall–Kier alpha value is -2.10. The zero-order chi connectivity index (χ0) is 11.9. The molecule has 1 heterocycles. The molecule has 17 heavy (non-hydrogen) atoms. The summed E-state index contributed by atoms with van der Waals surface area (Å²) < 4.78 is 23.4. The van der Waals surface area contributed by atoms with Gasteiger partial charge >= 0.3 is 0 Å². The second kappa shape index (κ2) is 5.84. The highest BCUT2D eigenvalue weighted by molar-refractivity contribution is 5.20. The minimum absolute atomic E-state index is 0.265.